The Kier molecular flexibility index (Phi) is 7.32. The van der Waals surface area contributed by atoms with Crippen molar-refractivity contribution in [3.8, 4) is 11.8 Å². The van der Waals surface area contributed by atoms with Gasteiger partial charge in [0, 0.05) is 5.56 Å². The van der Waals surface area contributed by atoms with Crippen molar-refractivity contribution in [2.75, 3.05) is 6.61 Å². The molecule has 0 bridgehead atoms. The van der Waals surface area contributed by atoms with Crippen molar-refractivity contribution in [3.63, 3.8) is 0 Å². The van der Waals surface area contributed by atoms with Gasteiger partial charge >= 0.3 is 5.97 Å². The summed E-state index contributed by atoms with van der Waals surface area (Å²) in [4.78, 5) is 36.1. The molecule has 0 spiro atoms. The third-order valence-electron chi connectivity index (χ3n) is 4.24. The summed E-state index contributed by atoms with van der Waals surface area (Å²) in [6.45, 7) is 7.05. The molecule has 7 nitrogen and oxygen atoms in total. The number of hydrogen-bond donors (Lipinski definition) is 1. The second kappa shape index (κ2) is 9.70. The SMILES string of the molecule is C[C@@H](Oc1ccc(C#N)cc1)C(=O)OCC(=O)NC(=O)c1ccc(C(C)(C)C)cc1. The van der Waals surface area contributed by atoms with Crippen molar-refractivity contribution in [3.05, 3.63) is 65.2 Å². The van der Waals surface area contributed by atoms with Crippen LogP contribution >= 0.6 is 0 Å². The second-order valence-electron chi connectivity index (χ2n) is 7.71. The van der Waals surface area contributed by atoms with Gasteiger partial charge in [0.05, 0.1) is 11.6 Å². The molecule has 1 atom stereocenters. The van der Waals surface area contributed by atoms with Gasteiger partial charge in [0.2, 0.25) is 0 Å². The molecule has 30 heavy (non-hydrogen) atoms. The smallest absolute Gasteiger partial charge is 0.347 e. The predicted octanol–water partition coefficient (Wildman–Crippen LogP) is 3.12. The molecule has 0 saturated carbocycles. The van der Waals surface area contributed by atoms with Crippen LogP contribution in [-0.4, -0.2) is 30.5 Å². The normalized spacial score (nSPS) is 11.7. The molecule has 1 N–H and O–H groups in total. The fourth-order valence-electron chi connectivity index (χ4n) is 2.47. The van der Waals surface area contributed by atoms with Crippen molar-refractivity contribution in [2.24, 2.45) is 0 Å². The summed E-state index contributed by atoms with van der Waals surface area (Å²) in [5.41, 5.74) is 1.82. The first-order valence-corrected chi connectivity index (χ1v) is 9.38. The molecule has 156 valence electrons. The van der Waals surface area contributed by atoms with Crippen LogP contribution in [0.4, 0.5) is 0 Å². The van der Waals surface area contributed by atoms with Gasteiger partial charge in [-0.15, -0.1) is 0 Å². The van der Waals surface area contributed by atoms with Gasteiger partial charge in [-0.1, -0.05) is 32.9 Å². The summed E-state index contributed by atoms with van der Waals surface area (Å²) >= 11 is 0. The van der Waals surface area contributed by atoms with Gasteiger partial charge in [0.25, 0.3) is 11.8 Å². The summed E-state index contributed by atoms with van der Waals surface area (Å²) in [7, 11) is 0. The summed E-state index contributed by atoms with van der Waals surface area (Å²) in [5, 5.41) is 11.0. The quantitative estimate of drug-likeness (QED) is 0.736. The van der Waals surface area contributed by atoms with E-state index in [2.05, 4.69) is 26.1 Å². The number of nitrogens with one attached hydrogen (secondary N) is 1. The molecule has 2 aromatic carbocycles. The Morgan fingerprint density at radius 1 is 1.03 bits per heavy atom. The predicted molar refractivity (Wildman–Crippen MR) is 110 cm³/mol. The minimum Gasteiger partial charge on any atom is -0.479 e. The lowest BCUT2D eigenvalue weighted by molar-refractivity contribution is -0.154. The zero-order valence-corrected chi connectivity index (χ0v) is 17.4. The van der Waals surface area contributed by atoms with Crippen LogP contribution in [0.3, 0.4) is 0 Å². The highest BCUT2D eigenvalue weighted by atomic mass is 16.6. The van der Waals surface area contributed by atoms with Crippen molar-refractivity contribution < 1.29 is 23.9 Å². The molecule has 2 amide bonds. The van der Waals surface area contributed by atoms with E-state index in [0.29, 0.717) is 16.9 Å². The van der Waals surface area contributed by atoms with E-state index >= 15 is 0 Å². The summed E-state index contributed by atoms with van der Waals surface area (Å²) < 4.78 is 10.3. The van der Waals surface area contributed by atoms with Crippen molar-refractivity contribution in [1.82, 2.24) is 5.32 Å². The van der Waals surface area contributed by atoms with E-state index in [1.807, 2.05) is 18.2 Å². The van der Waals surface area contributed by atoms with E-state index in [-0.39, 0.29) is 5.41 Å². The van der Waals surface area contributed by atoms with Gasteiger partial charge in [-0.2, -0.15) is 5.26 Å². The van der Waals surface area contributed by atoms with Crippen LogP contribution in [0.5, 0.6) is 5.75 Å². The largest absolute Gasteiger partial charge is 0.479 e. The monoisotopic (exact) mass is 408 g/mol. The topological polar surface area (TPSA) is 105 Å². The number of amides is 2. The Hall–Kier alpha value is -3.66. The van der Waals surface area contributed by atoms with Gasteiger partial charge < -0.3 is 9.47 Å². The first-order chi connectivity index (χ1) is 14.1. The number of ether oxygens (including phenoxy) is 2. The molecule has 0 fully saturated rings. The van der Waals surface area contributed by atoms with Crippen LogP contribution in [0.15, 0.2) is 48.5 Å². The Morgan fingerprint density at radius 2 is 1.63 bits per heavy atom. The molecular weight excluding hydrogens is 384 g/mol. The average Bonchev–Trinajstić information content (AvgIpc) is 2.72. The Morgan fingerprint density at radius 3 is 2.17 bits per heavy atom. The highest BCUT2D eigenvalue weighted by Gasteiger charge is 2.19. The number of imide groups is 1. The first-order valence-electron chi connectivity index (χ1n) is 9.38. The molecule has 0 aliphatic carbocycles. The number of nitrogens with zero attached hydrogens (tertiary/aromatic N) is 1. The van der Waals surface area contributed by atoms with E-state index in [9.17, 15) is 14.4 Å². The highest BCUT2D eigenvalue weighted by molar-refractivity contribution is 6.05. The van der Waals surface area contributed by atoms with E-state index in [1.165, 1.54) is 6.92 Å². The summed E-state index contributed by atoms with van der Waals surface area (Å²) in [6.07, 6.45) is -0.966. The van der Waals surface area contributed by atoms with E-state index in [1.54, 1.807) is 36.4 Å². The molecule has 0 radical (unpaired) electrons. The maximum absolute atomic E-state index is 12.2. The van der Waals surface area contributed by atoms with Crippen LogP contribution in [0.1, 0.15) is 49.2 Å². The molecule has 0 heterocycles. The van der Waals surface area contributed by atoms with Crippen LogP contribution in [0.25, 0.3) is 0 Å². The maximum atomic E-state index is 12.2. The van der Waals surface area contributed by atoms with Gasteiger partial charge in [-0.25, -0.2) is 4.79 Å². The fourth-order valence-corrected chi connectivity index (χ4v) is 2.47. The molecule has 0 unspecified atom stereocenters. The zero-order valence-electron chi connectivity index (χ0n) is 17.4. The molecular formula is C23H24N2O5. The summed E-state index contributed by atoms with van der Waals surface area (Å²) in [5.74, 6) is -1.68. The Bertz CT molecular complexity index is 951. The lowest BCUT2D eigenvalue weighted by Gasteiger charge is -2.19. The molecule has 7 heteroatoms. The van der Waals surface area contributed by atoms with Gasteiger partial charge in [0.15, 0.2) is 12.7 Å². The van der Waals surface area contributed by atoms with Crippen molar-refractivity contribution in [2.45, 2.75) is 39.2 Å². The molecule has 2 aromatic rings. The molecule has 0 saturated heterocycles. The molecule has 0 aliphatic rings. The third-order valence-corrected chi connectivity index (χ3v) is 4.24. The number of rotatable bonds is 6. The van der Waals surface area contributed by atoms with Crippen LogP contribution in [0.2, 0.25) is 0 Å². The van der Waals surface area contributed by atoms with Crippen LogP contribution in [-0.2, 0) is 19.7 Å². The number of hydrogen-bond acceptors (Lipinski definition) is 6. The van der Waals surface area contributed by atoms with Gasteiger partial charge in [-0.05, 0) is 54.3 Å². The zero-order chi connectivity index (χ0) is 22.3. The van der Waals surface area contributed by atoms with E-state index in [4.69, 9.17) is 14.7 Å². The minimum absolute atomic E-state index is 0.0461. The van der Waals surface area contributed by atoms with Crippen LogP contribution in [0, 0.1) is 11.3 Å². The van der Waals surface area contributed by atoms with Crippen molar-refractivity contribution in [1.29, 1.82) is 5.26 Å². The van der Waals surface area contributed by atoms with Crippen LogP contribution < -0.4 is 10.1 Å². The van der Waals surface area contributed by atoms with Crippen molar-refractivity contribution >= 4 is 17.8 Å². The lowest BCUT2D eigenvalue weighted by Crippen LogP contribution is -2.36. The molecule has 0 aromatic heterocycles. The number of nitriles is 1. The third kappa shape index (κ3) is 6.45. The lowest BCUT2D eigenvalue weighted by atomic mass is 9.87. The maximum Gasteiger partial charge on any atom is 0.347 e. The van der Waals surface area contributed by atoms with E-state index in [0.717, 1.165) is 5.56 Å². The van der Waals surface area contributed by atoms with Gasteiger partial charge in [-0.3, -0.25) is 14.9 Å². The second-order valence-corrected chi connectivity index (χ2v) is 7.71. The molecule has 2 rings (SSSR count). The summed E-state index contributed by atoms with van der Waals surface area (Å²) in [6, 6.07) is 15.2. The van der Waals surface area contributed by atoms with Gasteiger partial charge in [0.1, 0.15) is 5.75 Å². The fraction of sp³-hybridized carbons (Fsp3) is 0.304. The average molecular weight is 408 g/mol. The number of carbonyl (C=O) groups is 3. The molecule has 0 aliphatic heterocycles. The highest BCUT2D eigenvalue weighted by Crippen LogP contribution is 2.22. The Balaban J connectivity index is 1.82. The first kappa shape index (κ1) is 22.6. The minimum atomic E-state index is -0.966. The number of carbonyl (C=O) groups excluding carboxylic acids is 3. The van der Waals surface area contributed by atoms with E-state index < -0.39 is 30.5 Å². The Labute approximate surface area is 175 Å². The number of esters is 1. The number of benzene rings is 2. The standard InChI is InChI=1S/C23H24N2O5/c1-15(30-19-11-5-16(13-24)6-12-19)22(28)29-14-20(26)25-21(27)17-7-9-18(10-8-17)23(2,3)4/h5-12,15H,14H2,1-4H3,(H,25,26,27)/t15-/m1/s1.